The molecule has 1 atom stereocenters. The van der Waals surface area contributed by atoms with Crippen LogP contribution in [0.2, 0.25) is 0 Å². The van der Waals surface area contributed by atoms with Crippen molar-refractivity contribution in [2.75, 3.05) is 24.1 Å². The third-order valence-electron chi connectivity index (χ3n) is 4.01. The summed E-state index contributed by atoms with van der Waals surface area (Å²) in [4.78, 5) is 14.4. The Labute approximate surface area is 126 Å². The molecule has 0 aliphatic carbocycles. The first-order valence-electron chi connectivity index (χ1n) is 7.81. The molecule has 1 aromatic heterocycles. The van der Waals surface area contributed by atoms with E-state index >= 15 is 0 Å². The number of anilines is 2. The molecule has 3 N–H and O–H groups in total. The first-order chi connectivity index (χ1) is 9.91. The second-order valence-corrected chi connectivity index (χ2v) is 6.14. The van der Waals surface area contributed by atoms with Crippen molar-refractivity contribution in [1.82, 2.24) is 14.7 Å². The first kappa shape index (κ1) is 15.7. The topological polar surface area (TPSA) is 76.2 Å². The Bertz CT molecular complexity index is 502. The summed E-state index contributed by atoms with van der Waals surface area (Å²) in [5.41, 5.74) is 7.52. The number of amides is 1. The van der Waals surface area contributed by atoms with Gasteiger partial charge in [0.05, 0.1) is 11.4 Å². The predicted octanol–water partition coefficient (Wildman–Crippen LogP) is 2.17. The zero-order valence-corrected chi connectivity index (χ0v) is 13.5. The van der Waals surface area contributed by atoms with Crippen LogP contribution in [0.3, 0.4) is 0 Å². The highest BCUT2D eigenvalue weighted by atomic mass is 16.2. The molecule has 2 rings (SSSR count). The Kier molecular flexibility index (Phi) is 4.75. The van der Waals surface area contributed by atoms with Gasteiger partial charge < -0.3 is 16.0 Å². The number of nitrogens with zero attached hydrogens (tertiary/aromatic N) is 3. The van der Waals surface area contributed by atoms with E-state index in [0.717, 1.165) is 37.4 Å². The molecule has 1 amide bonds. The van der Waals surface area contributed by atoms with Crippen molar-refractivity contribution in [1.29, 1.82) is 0 Å². The first-order valence-corrected chi connectivity index (χ1v) is 7.81. The van der Waals surface area contributed by atoms with Crippen LogP contribution >= 0.6 is 0 Å². The number of carbonyl (C=O) groups excluding carboxylic acids is 1. The molecule has 1 unspecified atom stereocenters. The Morgan fingerprint density at radius 3 is 2.43 bits per heavy atom. The number of carbonyl (C=O) groups is 1. The van der Waals surface area contributed by atoms with Crippen molar-refractivity contribution in [2.24, 2.45) is 0 Å². The van der Waals surface area contributed by atoms with Gasteiger partial charge in [0.25, 0.3) is 0 Å². The monoisotopic (exact) mass is 293 g/mol. The lowest BCUT2D eigenvalue weighted by Crippen LogP contribution is -2.44. The van der Waals surface area contributed by atoms with E-state index in [0.29, 0.717) is 5.69 Å². The molecule has 0 saturated carbocycles. The SMILES string of the molecule is Cc1nn(C(C)C)c(NC(C)C(=O)N2CCCCC2)c1N. The lowest BCUT2D eigenvalue weighted by molar-refractivity contribution is -0.132. The summed E-state index contributed by atoms with van der Waals surface area (Å²) in [5.74, 6) is 0.892. The summed E-state index contributed by atoms with van der Waals surface area (Å²) >= 11 is 0. The van der Waals surface area contributed by atoms with Gasteiger partial charge in [-0.3, -0.25) is 4.79 Å². The van der Waals surface area contributed by atoms with Crippen molar-refractivity contribution in [3.8, 4) is 0 Å². The van der Waals surface area contributed by atoms with Gasteiger partial charge in [0, 0.05) is 19.1 Å². The quantitative estimate of drug-likeness (QED) is 0.892. The Balaban J connectivity index is 2.11. The molecule has 0 spiro atoms. The fourth-order valence-corrected chi connectivity index (χ4v) is 2.73. The number of nitrogens with two attached hydrogens (primary N) is 1. The van der Waals surface area contributed by atoms with Gasteiger partial charge in [0.2, 0.25) is 5.91 Å². The molecule has 6 nitrogen and oxygen atoms in total. The smallest absolute Gasteiger partial charge is 0.244 e. The van der Waals surface area contributed by atoms with Gasteiger partial charge in [0.15, 0.2) is 0 Å². The van der Waals surface area contributed by atoms with Crippen molar-refractivity contribution >= 4 is 17.4 Å². The maximum atomic E-state index is 12.5. The molecule has 0 bridgehead atoms. The molecule has 6 heteroatoms. The van der Waals surface area contributed by atoms with Crippen LogP contribution in [0.15, 0.2) is 0 Å². The van der Waals surface area contributed by atoms with E-state index in [1.54, 1.807) is 0 Å². The van der Waals surface area contributed by atoms with Crippen molar-refractivity contribution in [3.63, 3.8) is 0 Å². The fourth-order valence-electron chi connectivity index (χ4n) is 2.73. The van der Waals surface area contributed by atoms with E-state index < -0.39 is 0 Å². The lowest BCUT2D eigenvalue weighted by atomic mass is 10.1. The summed E-state index contributed by atoms with van der Waals surface area (Å²) in [6.07, 6.45) is 3.42. The maximum Gasteiger partial charge on any atom is 0.244 e. The van der Waals surface area contributed by atoms with Crippen molar-refractivity contribution < 1.29 is 4.79 Å². The number of hydrogen-bond donors (Lipinski definition) is 2. The van der Waals surface area contributed by atoms with E-state index in [2.05, 4.69) is 10.4 Å². The number of piperidine rings is 1. The van der Waals surface area contributed by atoms with E-state index in [-0.39, 0.29) is 18.0 Å². The van der Waals surface area contributed by atoms with Crippen LogP contribution in [0.5, 0.6) is 0 Å². The summed E-state index contributed by atoms with van der Waals surface area (Å²) in [6, 6.07) is -0.0974. The lowest BCUT2D eigenvalue weighted by Gasteiger charge is -2.30. The van der Waals surface area contributed by atoms with Crippen LogP contribution < -0.4 is 11.1 Å². The number of rotatable bonds is 4. The number of aryl methyl sites for hydroxylation is 1. The van der Waals surface area contributed by atoms with E-state index in [4.69, 9.17) is 5.73 Å². The standard InChI is InChI=1S/C15H27N5O/c1-10(2)20-14(13(16)11(3)18-20)17-12(4)15(21)19-8-6-5-7-9-19/h10,12,17H,5-9,16H2,1-4H3. The number of nitrogen functional groups attached to an aromatic ring is 1. The molecule has 1 aliphatic rings. The normalized spacial score (nSPS) is 17.1. The number of likely N-dealkylation sites (tertiary alicyclic amines) is 1. The van der Waals surface area contributed by atoms with Gasteiger partial charge in [0.1, 0.15) is 11.9 Å². The van der Waals surface area contributed by atoms with E-state index in [1.165, 1.54) is 6.42 Å². The van der Waals surface area contributed by atoms with E-state index in [1.807, 2.05) is 37.3 Å². The second-order valence-electron chi connectivity index (χ2n) is 6.14. The van der Waals surface area contributed by atoms with Crippen LogP contribution in [0.25, 0.3) is 0 Å². The van der Waals surface area contributed by atoms with Gasteiger partial charge in [-0.15, -0.1) is 0 Å². The van der Waals surface area contributed by atoms with Gasteiger partial charge in [-0.05, 0) is 47.0 Å². The van der Waals surface area contributed by atoms with Crippen molar-refractivity contribution in [3.05, 3.63) is 5.69 Å². The van der Waals surface area contributed by atoms with Crippen LogP contribution in [0.1, 0.15) is 51.8 Å². The molecule has 2 heterocycles. The van der Waals surface area contributed by atoms with Crippen LogP contribution in [-0.2, 0) is 4.79 Å². The number of nitrogens with one attached hydrogen (secondary N) is 1. The summed E-state index contributed by atoms with van der Waals surface area (Å²) in [5, 5.41) is 7.70. The van der Waals surface area contributed by atoms with Crippen molar-refractivity contribution in [2.45, 2.75) is 59.0 Å². The Hall–Kier alpha value is -1.72. The van der Waals surface area contributed by atoms with E-state index in [9.17, 15) is 4.79 Å². The Morgan fingerprint density at radius 1 is 1.24 bits per heavy atom. The molecule has 21 heavy (non-hydrogen) atoms. The van der Waals surface area contributed by atoms with Crippen LogP contribution in [-0.4, -0.2) is 39.7 Å². The third kappa shape index (κ3) is 3.31. The number of hydrogen-bond acceptors (Lipinski definition) is 4. The molecule has 118 valence electrons. The highest BCUT2D eigenvalue weighted by Crippen LogP contribution is 2.26. The van der Waals surface area contributed by atoms with Crippen LogP contribution in [0.4, 0.5) is 11.5 Å². The summed E-state index contributed by atoms with van der Waals surface area (Å²) < 4.78 is 1.85. The van der Waals surface area contributed by atoms with Gasteiger partial charge in [-0.1, -0.05) is 0 Å². The highest BCUT2D eigenvalue weighted by molar-refractivity contribution is 5.85. The minimum absolute atomic E-state index is 0.142. The largest absolute Gasteiger partial charge is 0.394 e. The highest BCUT2D eigenvalue weighted by Gasteiger charge is 2.24. The van der Waals surface area contributed by atoms with Crippen LogP contribution in [0, 0.1) is 6.92 Å². The number of aromatic nitrogens is 2. The predicted molar refractivity (Wildman–Crippen MR) is 85.3 cm³/mol. The maximum absolute atomic E-state index is 12.5. The molecule has 1 fully saturated rings. The zero-order chi connectivity index (χ0) is 15.6. The molecule has 0 aromatic carbocycles. The summed E-state index contributed by atoms with van der Waals surface area (Å²) in [6.45, 7) is 9.61. The molecule has 1 saturated heterocycles. The minimum atomic E-state index is -0.293. The zero-order valence-electron chi connectivity index (χ0n) is 13.5. The average Bonchev–Trinajstić information content (AvgIpc) is 2.76. The molecule has 0 radical (unpaired) electrons. The third-order valence-corrected chi connectivity index (χ3v) is 4.01. The molecule has 1 aliphatic heterocycles. The average molecular weight is 293 g/mol. The molecule has 1 aromatic rings. The minimum Gasteiger partial charge on any atom is -0.394 e. The second kappa shape index (κ2) is 6.37. The van der Waals surface area contributed by atoms with Gasteiger partial charge in [-0.25, -0.2) is 4.68 Å². The van der Waals surface area contributed by atoms with Gasteiger partial charge >= 0.3 is 0 Å². The summed E-state index contributed by atoms with van der Waals surface area (Å²) in [7, 11) is 0. The molecular formula is C15H27N5O. The Morgan fingerprint density at radius 2 is 1.86 bits per heavy atom. The molecular weight excluding hydrogens is 266 g/mol. The fraction of sp³-hybridized carbons (Fsp3) is 0.733. The van der Waals surface area contributed by atoms with Gasteiger partial charge in [-0.2, -0.15) is 5.10 Å².